The van der Waals surface area contributed by atoms with Crippen LogP contribution in [0.4, 0.5) is 5.69 Å². The summed E-state index contributed by atoms with van der Waals surface area (Å²) in [6.07, 6.45) is 1.48. The number of rotatable bonds is 5. The van der Waals surface area contributed by atoms with Crippen LogP contribution in [-0.2, 0) is 14.8 Å². The maximum Gasteiger partial charge on any atom is 0.238 e. The van der Waals surface area contributed by atoms with Crippen molar-refractivity contribution < 1.29 is 13.2 Å². The van der Waals surface area contributed by atoms with Gasteiger partial charge in [0.15, 0.2) is 0 Å². The highest BCUT2D eigenvalue weighted by molar-refractivity contribution is 8.00. The molecule has 2 aromatic heterocycles. The number of nitrogens with zero attached hydrogens (tertiary/aromatic N) is 2. The molecule has 0 unspecified atom stereocenters. The zero-order valence-electron chi connectivity index (χ0n) is 13.0. The van der Waals surface area contributed by atoms with Crippen LogP contribution in [0.2, 0.25) is 0 Å². The minimum Gasteiger partial charge on any atom is -0.325 e. The lowest BCUT2D eigenvalue weighted by molar-refractivity contribution is -0.115. The number of primary sulfonamides is 1. The molecule has 1 atom stereocenters. The largest absolute Gasteiger partial charge is 0.325 e. The van der Waals surface area contributed by atoms with E-state index >= 15 is 0 Å². The van der Waals surface area contributed by atoms with Crippen LogP contribution < -0.4 is 10.5 Å². The van der Waals surface area contributed by atoms with E-state index in [2.05, 4.69) is 15.3 Å². The van der Waals surface area contributed by atoms with Gasteiger partial charge in [-0.3, -0.25) is 4.79 Å². The van der Waals surface area contributed by atoms with Gasteiger partial charge in [0.2, 0.25) is 15.9 Å². The second-order valence-corrected chi connectivity index (χ2v) is 8.92. The topological polar surface area (TPSA) is 115 Å². The predicted octanol–water partition coefficient (Wildman–Crippen LogP) is 2.46. The molecule has 1 amide bonds. The number of aromatic nitrogens is 2. The number of hydrogen-bond acceptors (Lipinski definition) is 7. The highest BCUT2D eigenvalue weighted by Crippen LogP contribution is 2.30. The Morgan fingerprint density at radius 2 is 1.96 bits per heavy atom. The summed E-state index contributed by atoms with van der Waals surface area (Å²) in [7, 11) is -3.75. The van der Waals surface area contributed by atoms with E-state index in [-0.39, 0.29) is 10.8 Å². The van der Waals surface area contributed by atoms with Gasteiger partial charge in [-0.25, -0.2) is 23.5 Å². The summed E-state index contributed by atoms with van der Waals surface area (Å²) in [4.78, 5) is 21.7. The normalized spacial score (nSPS) is 12.9. The number of fused-ring (bicyclic) bond motifs is 1. The van der Waals surface area contributed by atoms with Gasteiger partial charge < -0.3 is 5.32 Å². The van der Waals surface area contributed by atoms with Crippen molar-refractivity contribution in [2.45, 2.75) is 22.1 Å². The van der Waals surface area contributed by atoms with Crippen molar-refractivity contribution in [2.24, 2.45) is 5.14 Å². The second kappa shape index (κ2) is 7.08. The number of thioether (sulfide) groups is 1. The molecule has 130 valence electrons. The van der Waals surface area contributed by atoms with Crippen LogP contribution >= 0.6 is 23.1 Å². The SMILES string of the molecule is C[C@@H](Sc1ncnc2sccc12)C(=O)Nc1ccc(S(N)(=O)=O)cc1. The molecule has 3 aromatic rings. The number of benzene rings is 1. The number of hydrogen-bond donors (Lipinski definition) is 2. The molecule has 1 aromatic carbocycles. The van der Waals surface area contributed by atoms with Crippen LogP contribution in [0.15, 0.2) is 52.0 Å². The minimum atomic E-state index is -3.75. The Balaban J connectivity index is 1.69. The van der Waals surface area contributed by atoms with E-state index in [1.54, 1.807) is 6.92 Å². The van der Waals surface area contributed by atoms with Gasteiger partial charge in [0, 0.05) is 11.1 Å². The molecule has 0 aliphatic rings. The Bertz CT molecular complexity index is 1020. The lowest BCUT2D eigenvalue weighted by Gasteiger charge is -2.12. The highest BCUT2D eigenvalue weighted by Gasteiger charge is 2.18. The van der Waals surface area contributed by atoms with Gasteiger partial charge in [-0.2, -0.15) is 0 Å². The third-order valence-corrected chi connectivity index (χ3v) is 6.20. The summed E-state index contributed by atoms with van der Waals surface area (Å²) in [5, 5.41) is 11.0. The minimum absolute atomic E-state index is 0.00578. The summed E-state index contributed by atoms with van der Waals surface area (Å²) in [5.41, 5.74) is 0.494. The number of thiophene rings is 1. The Morgan fingerprint density at radius 3 is 2.64 bits per heavy atom. The van der Waals surface area contributed by atoms with Gasteiger partial charge in [-0.05, 0) is 42.6 Å². The van der Waals surface area contributed by atoms with Crippen LogP contribution in [0.3, 0.4) is 0 Å². The van der Waals surface area contributed by atoms with Crippen molar-refractivity contribution >= 4 is 54.9 Å². The van der Waals surface area contributed by atoms with E-state index in [0.717, 1.165) is 15.2 Å². The molecule has 3 rings (SSSR count). The summed E-state index contributed by atoms with van der Waals surface area (Å²) in [6, 6.07) is 7.62. The maximum absolute atomic E-state index is 12.4. The van der Waals surface area contributed by atoms with Crippen LogP contribution in [0.25, 0.3) is 10.2 Å². The van der Waals surface area contributed by atoms with Gasteiger partial charge in [-0.15, -0.1) is 11.3 Å². The first-order chi connectivity index (χ1) is 11.8. The first-order valence-electron chi connectivity index (χ1n) is 7.13. The summed E-state index contributed by atoms with van der Waals surface area (Å²) in [6.45, 7) is 1.78. The molecule has 0 spiro atoms. The average Bonchev–Trinajstić information content (AvgIpc) is 3.04. The van der Waals surface area contributed by atoms with Crippen molar-refractivity contribution in [3.8, 4) is 0 Å². The number of nitrogens with one attached hydrogen (secondary N) is 1. The molecule has 0 aliphatic heterocycles. The Kier molecular flexibility index (Phi) is 5.04. The van der Waals surface area contributed by atoms with Crippen LogP contribution in [0.1, 0.15) is 6.92 Å². The van der Waals surface area contributed by atoms with Crippen LogP contribution in [-0.4, -0.2) is 29.5 Å². The highest BCUT2D eigenvalue weighted by atomic mass is 32.2. The van der Waals surface area contributed by atoms with Crippen molar-refractivity contribution in [2.75, 3.05) is 5.32 Å². The number of amides is 1. The van der Waals surface area contributed by atoms with E-state index in [1.165, 1.54) is 53.7 Å². The third kappa shape index (κ3) is 4.15. The zero-order chi connectivity index (χ0) is 18.0. The van der Waals surface area contributed by atoms with Gasteiger partial charge >= 0.3 is 0 Å². The number of carbonyl (C=O) groups is 1. The Labute approximate surface area is 152 Å². The number of carbonyl (C=O) groups excluding carboxylic acids is 1. The first-order valence-corrected chi connectivity index (χ1v) is 10.4. The number of nitrogens with two attached hydrogens (primary N) is 1. The van der Waals surface area contributed by atoms with E-state index in [1.807, 2.05) is 11.4 Å². The van der Waals surface area contributed by atoms with Gasteiger partial charge in [0.25, 0.3) is 0 Å². The molecule has 0 aliphatic carbocycles. The molecule has 25 heavy (non-hydrogen) atoms. The average molecular weight is 395 g/mol. The molecule has 0 saturated heterocycles. The van der Waals surface area contributed by atoms with Crippen LogP contribution in [0, 0.1) is 0 Å². The molecule has 0 radical (unpaired) electrons. The summed E-state index contributed by atoms with van der Waals surface area (Å²) >= 11 is 2.86. The number of sulfonamides is 1. The van der Waals surface area contributed by atoms with Crippen molar-refractivity contribution in [1.82, 2.24) is 9.97 Å². The molecule has 0 saturated carbocycles. The smallest absolute Gasteiger partial charge is 0.238 e. The summed E-state index contributed by atoms with van der Waals surface area (Å²) < 4.78 is 22.5. The fourth-order valence-corrected chi connectivity index (χ4v) is 4.27. The fourth-order valence-electron chi connectivity index (χ4n) is 2.05. The van der Waals surface area contributed by atoms with E-state index in [0.29, 0.717) is 5.69 Å². The van der Waals surface area contributed by atoms with Crippen molar-refractivity contribution in [1.29, 1.82) is 0 Å². The van der Waals surface area contributed by atoms with E-state index < -0.39 is 15.3 Å². The lowest BCUT2D eigenvalue weighted by atomic mass is 10.3. The molecular formula is C15H14N4O3S3. The van der Waals surface area contributed by atoms with Crippen molar-refractivity contribution in [3.63, 3.8) is 0 Å². The quantitative estimate of drug-likeness (QED) is 0.507. The first kappa shape index (κ1) is 17.8. The van der Waals surface area contributed by atoms with E-state index in [9.17, 15) is 13.2 Å². The Hall–Kier alpha value is -2.01. The second-order valence-electron chi connectivity index (χ2n) is 5.14. The molecule has 2 heterocycles. The van der Waals surface area contributed by atoms with Gasteiger partial charge in [0.05, 0.1) is 10.1 Å². The van der Waals surface area contributed by atoms with Crippen molar-refractivity contribution in [3.05, 3.63) is 42.0 Å². The Morgan fingerprint density at radius 1 is 1.24 bits per heavy atom. The fraction of sp³-hybridized carbons (Fsp3) is 0.133. The molecule has 7 nitrogen and oxygen atoms in total. The lowest BCUT2D eigenvalue weighted by Crippen LogP contribution is -2.22. The molecule has 0 bridgehead atoms. The third-order valence-electron chi connectivity index (χ3n) is 3.33. The molecule has 0 fully saturated rings. The zero-order valence-corrected chi connectivity index (χ0v) is 15.5. The molecule has 3 N–H and O–H groups in total. The monoisotopic (exact) mass is 394 g/mol. The van der Waals surface area contributed by atoms with Crippen LogP contribution in [0.5, 0.6) is 0 Å². The molecular weight excluding hydrogens is 380 g/mol. The van der Waals surface area contributed by atoms with Gasteiger partial charge in [-0.1, -0.05) is 11.8 Å². The van der Waals surface area contributed by atoms with Gasteiger partial charge in [0.1, 0.15) is 16.2 Å². The standard InChI is InChI=1S/C15H14N4O3S3/c1-9(24-15-12-6-7-23-14(12)17-8-18-15)13(20)19-10-2-4-11(5-3-10)25(16,21)22/h2-9H,1H3,(H,19,20)(H2,16,21,22)/t9-/m1/s1. The maximum atomic E-state index is 12.4. The van der Waals surface area contributed by atoms with E-state index in [4.69, 9.17) is 5.14 Å². The molecule has 10 heteroatoms. The summed E-state index contributed by atoms with van der Waals surface area (Å²) in [5.74, 6) is -0.213. The number of anilines is 1. The predicted molar refractivity (Wildman–Crippen MR) is 99.2 cm³/mol.